The zero-order valence-electron chi connectivity index (χ0n) is 26.7. The van der Waals surface area contributed by atoms with E-state index in [2.05, 4.69) is 31.2 Å². The monoisotopic (exact) mass is 689 g/mol. The van der Waals surface area contributed by atoms with Gasteiger partial charge in [0.1, 0.15) is 12.1 Å². The molecule has 4 N–H and O–H groups in total. The van der Waals surface area contributed by atoms with Gasteiger partial charge < -0.3 is 30.7 Å². The van der Waals surface area contributed by atoms with Crippen LogP contribution in [-0.4, -0.2) is 66.2 Å². The summed E-state index contributed by atoms with van der Waals surface area (Å²) in [7, 11) is 3.21. The maximum Gasteiger partial charge on any atom is 0.220 e. The Kier molecular flexibility index (Phi) is 10.7. The molecule has 250 valence electrons. The van der Waals surface area contributed by atoms with Crippen LogP contribution in [0.3, 0.4) is 0 Å². The third-order valence-corrected chi connectivity index (χ3v) is 9.36. The van der Waals surface area contributed by atoms with Crippen LogP contribution in [0.15, 0.2) is 54.9 Å². The Hall–Kier alpha value is -4.29. The smallest absolute Gasteiger partial charge is 0.220 e. The molecule has 0 radical (unpaired) electrons. The van der Waals surface area contributed by atoms with E-state index in [0.29, 0.717) is 88.9 Å². The van der Waals surface area contributed by atoms with Gasteiger partial charge in [-0.15, -0.1) is 0 Å². The molecule has 0 spiro atoms. The minimum Gasteiger partial charge on any atom is -0.496 e. The average Bonchev–Trinajstić information content (AvgIpc) is 3.72. The molecular weight excluding hydrogens is 653 g/mol. The van der Waals surface area contributed by atoms with Crippen molar-refractivity contribution in [2.45, 2.75) is 50.9 Å². The molecule has 0 unspecified atom stereocenters. The lowest BCUT2D eigenvalue weighted by Gasteiger charge is -2.16. The highest BCUT2D eigenvalue weighted by Gasteiger charge is 2.23. The van der Waals surface area contributed by atoms with E-state index in [4.69, 9.17) is 37.7 Å². The second-order valence-corrected chi connectivity index (χ2v) is 12.6. The summed E-state index contributed by atoms with van der Waals surface area (Å²) in [6, 6.07) is 15.6. The first-order valence-corrected chi connectivity index (χ1v) is 16.6. The molecule has 6 rings (SSSR count). The predicted octanol–water partition coefficient (Wildman–Crippen LogP) is 4.93. The molecule has 48 heavy (non-hydrogen) atoms. The first-order valence-electron chi connectivity index (χ1n) is 15.9. The van der Waals surface area contributed by atoms with Crippen molar-refractivity contribution in [3.8, 4) is 45.4 Å². The SMILES string of the molecule is COc1cc(-c2ncnc(-c3cccc(-c4ccc(CNC[C@@H]5CCC(=O)N5)c(OC)n4)c3Cl)c2Cl)ccc1CNC[C@@H]1CCC(=O)N1. The number of aromatic nitrogens is 3. The van der Waals surface area contributed by atoms with Crippen molar-refractivity contribution < 1.29 is 19.1 Å². The van der Waals surface area contributed by atoms with Crippen LogP contribution in [0.4, 0.5) is 0 Å². The normalized spacial score (nSPS) is 17.3. The van der Waals surface area contributed by atoms with E-state index in [1.165, 1.54) is 6.33 Å². The Bertz CT molecular complexity index is 1690. The molecule has 2 aromatic carbocycles. The van der Waals surface area contributed by atoms with Gasteiger partial charge in [0.25, 0.3) is 0 Å². The summed E-state index contributed by atoms with van der Waals surface area (Å²) in [5.74, 6) is 1.37. The number of pyridine rings is 1. The van der Waals surface area contributed by atoms with E-state index >= 15 is 0 Å². The Morgan fingerprint density at radius 3 is 2.08 bits per heavy atom. The Labute approximate surface area is 289 Å². The number of rotatable bonds is 13. The zero-order chi connectivity index (χ0) is 33.6. The number of nitrogens with zero attached hydrogens (tertiary/aromatic N) is 3. The molecule has 0 aliphatic carbocycles. The molecule has 2 fully saturated rings. The van der Waals surface area contributed by atoms with Crippen LogP contribution in [-0.2, 0) is 22.7 Å². The lowest BCUT2D eigenvalue weighted by Crippen LogP contribution is -2.35. The number of hydrogen-bond acceptors (Lipinski definition) is 9. The van der Waals surface area contributed by atoms with Crippen LogP contribution in [0.25, 0.3) is 33.8 Å². The molecule has 4 heterocycles. The summed E-state index contributed by atoms with van der Waals surface area (Å²) in [4.78, 5) is 36.8. The fourth-order valence-electron chi connectivity index (χ4n) is 6.06. The number of benzene rings is 2. The lowest BCUT2D eigenvalue weighted by molar-refractivity contribution is -0.120. The van der Waals surface area contributed by atoms with E-state index in [-0.39, 0.29) is 23.9 Å². The largest absolute Gasteiger partial charge is 0.496 e. The van der Waals surface area contributed by atoms with Crippen LogP contribution in [0, 0.1) is 0 Å². The maximum atomic E-state index is 11.5. The number of hydrogen-bond donors (Lipinski definition) is 4. The van der Waals surface area contributed by atoms with Gasteiger partial charge in [-0.1, -0.05) is 59.6 Å². The molecule has 2 saturated heterocycles. The van der Waals surface area contributed by atoms with Gasteiger partial charge >= 0.3 is 0 Å². The summed E-state index contributed by atoms with van der Waals surface area (Å²) < 4.78 is 11.3. The molecule has 2 aliphatic heterocycles. The second-order valence-electron chi connectivity index (χ2n) is 11.8. The number of amides is 2. The van der Waals surface area contributed by atoms with E-state index in [9.17, 15) is 9.59 Å². The van der Waals surface area contributed by atoms with E-state index in [0.717, 1.165) is 29.5 Å². The number of carbonyl (C=O) groups excluding carboxylic acids is 2. The van der Waals surface area contributed by atoms with Gasteiger partial charge in [0, 0.05) is 78.9 Å². The van der Waals surface area contributed by atoms with Crippen LogP contribution in [0.5, 0.6) is 11.6 Å². The summed E-state index contributed by atoms with van der Waals surface area (Å²) in [5, 5.41) is 13.5. The van der Waals surface area contributed by atoms with Gasteiger partial charge in [-0.05, 0) is 25.0 Å². The molecule has 4 aromatic rings. The molecule has 2 aliphatic rings. The molecule has 2 aromatic heterocycles. The molecule has 11 nitrogen and oxygen atoms in total. The van der Waals surface area contributed by atoms with Crippen molar-refractivity contribution in [2.75, 3.05) is 27.3 Å². The first-order chi connectivity index (χ1) is 23.3. The van der Waals surface area contributed by atoms with Crippen molar-refractivity contribution >= 4 is 35.0 Å². The van der Waals surface area contributed by atoms with Gasteiger partial charge in [0.2, 0.25) is 17.7 Å². The van der Waals surface area contributed by atoms with Crippen LogP contribution in [0.1, 0.15) is 36.8 Å². The minimum absolute atomic E-state index is 0.0934. The maximum absolute atomic E-state index is 11.5. The van der Waals surface area contributed by atoms with Crippen LogP contribution < -0.4 is 30.7 Å². The topological polar surface area (TPSA) is 139 Å². The summed E-state index contributed by atoms with van der Waals surface area (Å²) >= 11 is 14.0. The first kappa shape index (κ1) is 33.6. The van der Waals surface area contributed by atoms with Gasteiger partial charge in [-0.25, -0.2) is 15.0 Å². The van der Waals surface area contributed by atoms with E-state index < -0.39 is 0 Å². The molecule has 0 bridgehead atoms. The van der Waals surface area contributed by atoms with Gasteiger partial charge in [-0.2, -0.15) is 0 Å². The molecular formula is C35H37Cl2N7O4. The lowest BCUT2D eigenvalue weighted by atomic mass is 10.0. The molecule has 0 saturated carbocycles. The highest BCUT2D eigenvalue weighted by atomic mass is 35.5. The summed E-state index contributed by atoms with van der Waals surface area (Å²) in [6.45, 7) is 2.47. The van der Waals surface area contributed by atoms with Crippen molar-refractivity contribution in [3.05, 3.63) is 76.0 Å². The second kappa shape index (κ2) is 15.3. The Morgan fingerprint density at radius 1 is 0.792 bits per heavy atom. The van der Waals surface area contributed by atoms with Gasteiger partial charge in [0.05, 0.1) is 41.3 Å². The molecule has 2 amide bonds. The van der Waals surface area contributed by atoms with Crippen molar-refractivity contribution in [3.63, 3.8) is 0 Å². The number of nitrogens with one attached hydrogen (secondary N) is 4. The van der Waals surface area contributed by atoms with Crippen LogP contribution >= 0.6 is 23.2 Å². The summed E-state index contributed by atoms with van der Waals surface area (Å²) in [5.41, 5.74) is 5.64. The van der Waals surface area contributed by atoms with Crippen molar-refractivity contribution in [1.82, 2.24) is 36.2 Å². The van der Waals surface area contributed by atoms with Gasteiger partial charge in [-0.3, -0.25) is 9.59 Å². The standard InChI is InChI=1S/C35H37Cl2N7O4/c1-47-28-14-20(6-7-21(28)15-38-17-23-9-12-29(45)42-23)33-32(37)34(41-19-40-33)26-5-3-4-25(31(26)36)27-11-8-22(35(44-27)48-2)16-39-18-24-10-13-30(46)43-24/h3-8,11,14,19,23-24,38-39H,9-10,12-13,15-18H2,1-2H3,(H,42,45)(H,43,46)/t23-,24-/m0/s1. The van der Waals surface area contributed by atoms with Gasteiger partial charge in [0.15, 0.2) is 0 Å². The average molecular weight is 691 g/mol. The highest BCUT2D eigenvalue weighted by Crippen LogP contribution is 2.41. The number of methoxy groups -OCH3 is 2. The molecule has 13 heteroatoms. The third-order valence-electron chi connectivity index (χ3n) is 8.59. The van der Waals surface area contributed by atoms with Crippen molar-refractivity contribution in [2.24, 2.45) is 0 Å². The van der Waals surface area contributed by atoms with Crippen LogP contribution in [0.2, 0.25) is 10.0 Å². The highest BCUT2D eigenvalue weighted by molar-refractivity contribution is 6.38. The van der Waals surface area contributed by atoms with E-state index in [1.807, 2.05) is 48.5 Å². The predicted molar refractivity (Wildman–Crippen MR) is 185 cm³/mol. The Balaban J connectivity index is 1.20. The number of ether oxygens (including phenoxy) is 2. The molecule has 2 atom stereocenters. The number of halogens is 2. The fourth-order valence-corrected chi connectivity index (χ4v) is 6.68. The minimum atomic E-state index is 0.0934. The van der Waals surface area contributed by atoms with E-state index in [1.54, 1.807) is 14.2 Å². The fraction of sp³-hybridized carbons (Fsp3) is 0.343. The number of carbonyl (C=O) groups is 2. The quantitative estimate of drug-likeness (QED) is 0.154. The summed E-state index contributed by atoms with van der Waals surface area (Å²) in [6.07, 6.45) is 4.27. The zero-order valence-corrected chi connectivity index (χ0v) is 28.3. The Morgan fingerprint density at radius 2 is 1.44 bits per heavy atom. The third kappa shape index (κ3) is 7.55. The van der Waals surface area contributed by atoms with Crippen molar-refractivity contribution in [1.29, 1.82) is 0 Å².